The highest BCUT2D eigenvalue weighted by molar-refractivity contribution is 6.31. The summed E-state index contributed by atoms with van der Waals surface area (Å²) in [5, 5.41) is 4.23. The summed E-state index contributed by atoms with van der Waals surface area (Å²) in [6.45, 7) is 2.04. The number of halogens is 1. The number of carbonyl (C=O) groups is 1. The Bertz CT molecular complexity index is 582. The normalized spacial score (nSPS) is 26.3. The molecule has 5 nitrogen and oxygen atoms in total. The van der Waals surface area contributed by atoms with Gasteiger partial charge in [0.25, 0.3) is 0 Å². The first-order chi connectivity index (χ1) is 12.1. The number of ether oxygens (including phenoxy) is 1. The van der Waals surface area contributed by atoms with Crippen LogP contribution in [0.15, 0.2) is 18.3 Å². The summed E-state index contributed by atoms with van der Waals surface area (Å²) in [5.41, 5.74) is 6.12. The Morgan fingerprint density at radius 1 is 1.32 bits per heavy atom. The van der Waals surface area contributed by atoms with E-state index >= 15 is 0 Å². The van der Waals surface area contributed by atoms with Crippen LogP contribution in [0.1, 0.15) is 56.6 Å². The molecule has 25 heavy (non-hydrogen) atoms. The van der Waals surface area contributed by atoms with E-state index in [1.165, 1.54) is 12.8 Å². The van der Waals surface area contributed by atoms with Gasteiger partial charge in [0.15, 0.2) is 0 Å². The topological polar surface area (TPSA) is 77.2 Å². The zero-order valence-corrected chi connectivity index (χ0v) is 15.4. The summed E-state index contributed by atoms with van der Waals surface area (Å²) in [7, 11) is 0. The molecule has 0 bridgehead atoms. The molecule has 0 atom stereocenters. The van der Waals surface area contributed by atoms with Crippen molar-refractivity contribution in [3.63, 3.8) is 0 Å². The molecule has 1 aliphatic heterocycles. The number of hydrogen-bond acceptors (Lipinski definition) is 4. The number of primary amides is 1. The predicted molar refractivity (Wildman–Crippen MR) is 98.5 cm³/mol. The molecule has 1 aromatic rings. The van der Waals surface area contributed by atoms with Gasteiger partial charge in [0.1, 0.15) is 5.54 Å². The fourth-order valence-electron chi connectivity index (χ4n) is 4.17. The van der Waals surface area contributed by atoms with Crippen LogP contribution in [0.4, 0.5) is 0 Å². The van der Waals surface area contributed by atoms with Crippen LogP contribution >= 0.6 is 11.6 Å². The lowest BCUT2D eigenvalue weighted by Gasteiger charge is -2.36. The number of amides is 1. The van der Waals surface area contributed by atoms with Gasteiger partial charge >= 0.3 is 0 Å². The summed E-state index contributed by atoms with van der Waals surface area (Å²) in [6, 6.07) is 3.81. The lowest BCUT2D eigenvalue weighted by Crippen LogP contribution is -2.58. The predicted octanol–water partition coefficient (Wildman–Crippen LogP) is 3.02. The van der Waals surface area contributed by atoms with Crippen LogP contribution in [0, 0.1) is 5.92 Å². The first kappa shape index (κ1) is 18.6. The molecular weight excluding hydrogens is 338 g/mol. The molecule has 2 heterocycles. The van der Waals surface area contributed by atoms with Crippen LogP contribution in [0.5, 0.6) is 0 Å². The highest BCUT2D eigenvalue weighted by Gasteiger charge is 2.38. The Balaban J connectivity index is 1.45. The number of hydrogen-bond donors (Lipinski definition) is 2. The Labute approximate surface area is 154 Å². The maximum atomic E-state index is 11.9. The van der Waals surface area contributed by atoms with Crippen molar-refractivity contribution < 1.29 is 9.53 Å². The van der Waals surface area contributed by atoms with Gasteiger partial charge in [0.05, 0.1) is 10.7 Å². The minimum Gasteiger partial charge on any atom is -0.381 e. The number of rotatable bonds is 6. The van der Waals surface area contributed by atoms with Gasteiger partial charge in [-0.25, -0.2) is 0 Å². The average molecular weight is 366 g/mol. The summed E-state index contributed by atoms with van der Waals surface area (Å²) < 4.78 is 5.37. The van der Waals surface area contributed by atoms with E-state index in [-0.39, 0.29) is 5.91 Å². The summed E-state index contributed by atoms with van der Waals surface area (Å²) in [5.74, 6) is 0.922. The highest BCUT2D eigenvalue weighted by Crippen LogP contribution is 2.38. The van der Waals surface area contributed by atoms with Crippen molar-refractivity contribution in [1.29, 1.82) is 0 Å². The second-order valence-corrected chi connectivity index (χ2v) is 7.77. The van der Waals surface area contributed by atoms with E-state index in [1.54, 1.807) is 0 Å². The molecule has 1 saturated carbocycles. The molecule has 1 aliphatic carbocycles. The van der Waals surface area contributed by atoms with E-state index in [1.807, 2.05) is 18.3 Å². The van der Waals surface area contributed by atoms with Gasteiger partial charge in [-0.05, 0) is 69.5 Å². The Hall–Kier alpha value is -1.17. The second-order valence-electron chi connectivity index (χ2n) is 7.36. The van der Waals surface area contributed by atoms with Crippen LogP contribution < -0.4 is 11.1 Å². The van der Waals surface area contributed by atoms with Gasteiger partial charge in [-0.1, -0.05) is 11.6 Å². The molecule has 0 radical (unpaired) electrons. The van der Waals surface area contributed by atoms with Gasteiger partial charge in [0, 0.05) is 25.3 Å². The third kappa shape index (κ3) is 4.52. The van der Waals surface area contributed by atoms with Crippen molar-refractivity contribution in [2.24, 2.45) is 11.7 Å². The van der Waals surface area contributed by atoms with Crippen LogP contribution in [0.25, 0.3) is 0 Å². The van der Waals surface area contributed by atoms with Crippen molar-refractivity contribution in [1.82, 2.24) is 10.3 Å². The Morgan fingerprint density at radius 3 is 2.68 bits per heavy atom. The SMILES string of the molecule is NC(=O)C1(NCCC2CCC(c3ncccc3Cl)CC2)CCOCC1. The largest absolute Gasteiger partial charge is 0.381 e. The lowest BCUT2D eigenvalue weighted by atomic mass is 9.79. The first-order valence-corrected chi connectivity index (χ1v) is 9.71. The smallest absolute Gasteiger partial charge is 0.237 e. The average Bonchev–Trinajstić information content (AvgIpc) is 2.63. The molecule has 138 valence electrons. The zero-order valence-electron chi connectivity index (χ0n) is 14.7. The van der Waals surface area contributed by atoms with Crippen molar-refractivity contribution in [3.05, 3.63) is 29.0 Å². The molecule has 6 heteroatoms. The van der Waals surface area contributed by atoms with Crippen molar-refractivity contribution in [3.8, 4) is 0 Å². The molecule has 2 fully saturated rings. The van der Waals surface area contributed by atoms with Gasteiger partial charge in [-0.2, -0.15) is 0 Å². The fraction of sp³-hybridized carbons (Fsp3) is 0.684. The molecule has 0 aromatic carbocycles. The maximum Gasteiger partial charge on any atom is 0.237 e. The van der Waals surface area contributed by atoms with Crippen LogP contribution in [0.2, 0.25) is 5.02 Å². The van der Waals surface area contributed by atoms with Crippen LogP contribution in [-0.4, -0.2) is 36.2 Å². The minimum atomic E-state index is -0.572. The summed E-state index contributed by atoms with van der Waals surface area (Å²) >= 11 is 6.28. The molecule has 1 saturated heterocycles. The number of nitrogens with two attached hydrogens (primary N) is 1. The van der Waals surface area contributed by atoms with E-state index in [2.05, 4.69) is 10.3 Å². The van der Waals surface area contributed by atoms with Gasteiger partial charge in [-0.15, -0.1) is 0 Å². The quantitative estimate of drug-likeness (QED) is 0.812. The van der Waals surface area contributed by atoms with Crippen LogP contribution in [-0.2, 0) is 9.53 Å². The van der Waals surface area contributed by atoms with Crippen LogP contribution in [0.3, 0.4) is 0 Å². The molecular formula is C19H28ClN3O2. The minimum absolute atomic E-state index is 0.246. The Kier molecular flexibility index (Phi) is 6.31. The zero-order chi connectivity index (χ0) is 17.7. The van der Waals surface area contributed by atoms with Crippen molar-refractivity contribution in [2.75, 3.05) is 19.8 Å². The molecule has 3 rings (SSSR count). The molecule has 1 amide bonds. The highest BCUT2D eigenvalue weighted by atomic mass is 35.5. The van der Waals surface area contributed by atoms with E-state index in [4.69, 9.17) is 22.1 Å². The van der Waals surface area contributed by atoms with E-state index in [0.29, 0.717) is 37.9 Å². The summed E-state index contributed by atoms with van der Waals surface area (Å²) in [6.07, 6.45) is 8.90. The van der Waals surface area contributed by atoms with Crippen molar-refractivity contribution >= 4 is 17.5 Å². The number of pyridine rings is 1. The third-order valence-electron chi connectivity index (χ3n) is 5.85. The van der Waals surface area contributed by atoms with Crippen molar-refractivity contribution in [2.45, 2.75) is 56.4 Å². The second kappa shape index (κ2) is 8.47. The number of nitrogens with zero attached hydrogens (tertiary/aromatic N) is 1. The van der Waals surface area contributed by atoms with E-state index in [0.717, 1.165) is 36.5 Å². The summed E-state index contributed by atoms with van der Waals surface area (Å²) in [4.78, 5) is 16.3. The first-order valence-electron chi connectivity index (χ1n) is 9.34. The molecule has 2 aliphatic rings. The lowest BCUT2D eigenvalue weighted by molar-refractivity contribution is -0.128. The maximum absolute atomic E-state index is 11.9. The number of aromatic nitrogens is 1. The molecule has 1 aromatic heterocycles. The number of carbonyl (C=O) groups excluding carboxylic acids is 1. The third-order valence-corrected chi connectivity index (χ3v) is 6.17. The molecule has 0 unspecified atom stereocenters. The van der Waals surface area contributed by atoms with E-state index < -0.39 is 5.54 Å². The standard InChI is InChI=1S/C19H28ClN3O2/c20-16-2-1-10-22-17(16)15-5-3-14(4-6-15)7-11-23-19(18(21)24)8-12-25-13-9-19/h1-2,10,14-15,23H,3-9,11-13H2,(H2,21,24). The molecule has 0 spiro atoms. The monoisotopic (exact) mass is 365 g/mol. The Morgan fingerprint density at radius 2 is 2.04 bits per heavy atom. The van der Waals surface area contributed by atoms with Gasteiger partial charge in [-0.3, -0.25) is 9.78 Å². The van der Waals surface area contributed by atoms with E-state index in [9.17, 15) is 4.79 Å². The van der Waals surface area contributed by atoms with Gasteiger partial charge in [0.2, 0.25) is 5.91 Å². The number of nitrogens with one attached hydrogen (secondary N) is 1. The van der Waals surface area contributed by atoms with Gasteiger partial charge < -0.3 is 15.8 Å². The fourth-order valence-corrected chi connectivity index (χ4v) is 4.44. The molecule has 3 N–H and O–H groups in total.